The largest absolute Gasteiger partial charge is 0.380 e. The van der Waals surface area contributed by atoms with E-state index in [0.717, 1.165) is 0 Å². The standard InChI is InChI=1S/C8H10O4/c9-7(8(10,11)12)6-4-2-1-3-5-6/h1-5,7,9-12H. The smallest absolute Gasteiger partial charge is 0.307 e. The summed E-state index contributed by atoms with van der Waals surface area (Å²) in [5.41, 5.74) is 0.241. The molecule has 1 atom stereocenters. The Labute approximate surface area is 69.3 Å². The van der Waals surface area contributed by atoms with Crippen LogP contribution in [0.25, 0.3) is 0 Å². The van der Waals surface area contributed by atoms with Gasteiger partial charge in [-0.3, -0.25) is 0 Å². The average Bonchev–Trinajstić information content (AvgIpc) is 2.03. The van der Waals surface area contributed by atoms with Crippen LogP contribution in [0.3, 0.4) is 0 Å². The van der Waals surface area contributed by atoms with Gasteiger partial charge in [0.2, 0.25) is 0 Å². The highest BCUT2D eigenvalue weighted by atomic mass is 16.7. The van der Waals surface area contributed by atoms with Crippen molar-refractivity contribution in [3.8, 4) is 0 Å². The third kappa shape index (κ3) is 2.02. The Morgan fingerprint density at radius 1 is 1.00 bits per heavy atom. The third-order valence-electron chi connectivity index (χ3n) is 1.48. The number of hydrogen-bond acceptors (Lipinski definition) is 4. The molecular weight excluding hydrogens is 160 g/mol. The summed E-state index contributed by atoms with van der Waals surface area (Å²) in [6.07, 6.45) is -1.71. The van der Waals surface area contributed by atoms with Crippen LogP contribution in [0, 0.1) is 0 Å². The Hall–Kier alpha value is -0.940. The van der Waals surface area contributed by atoms with Crippen molar-refractivity contribution in [3.05, 3.63) is 35.9 Å². The molecule has 0 spiro atoms. The highest BCUT2D eigenvalue weighted by Crippen LogP contribution is 2.20. The van der Waals surface area contributed by atoms with Gasteiger partial charge < -0.3 is 20.4 Å². The second-order valence-corrected chi connectivity index (χ2v) is 2.50. The van der Waals surface area contributed by atoms with Crippen molar-refractivity contribution in [1.82, 2.24) is 0 Å². The van der Waals surface area contributed by atoms with Gasteiger partial charge >= 0.3 is 5.97 Å². The van der Waals surface area contributed by atoms with E-state index in [1.165, 1.54) is 12.1 Å². The molecule has 12 heavy (non-hydrogen) atoms. The average molecular weight is 170 g/mol. The fourth-order valence-corrected chi connectivity index (χ4v) is 0.859. The summed E-state index contributed by atoms with van der Waals surface area (Å²) in [6, 6.07) is 7.89. The van der Waals surface area contributed by atoms with Crippen molar-refractivity contribution in [2.45, 2.75) is 12.1 Å². The SMILES string of the molecule is OC(c1ccccc1)C(O)(O)O. The molecule has 4 N–H and O–H groups in total. The maximum atomic E-state index is 9.11. The zero-order valence-corrected chi connectivity index (χ0v) is 6.25. The Morgan fingerprint density at radius 2 is 1.50 bits per heavy atom. The Bertz CT molecular complexity index is 239. The Morgan fingerprint density at radius 3 is 1.92 bits per heavy atom. The van der Waals surface area contributed by atoms with E-state index in [2.05, 4.69) is 0 Å². The first kappa shape index (κ1) is 9.15. The Kier molecular flexibility index (Phi) is 2.44. The summed E-state index contributed by atoms with van der Waals surface area (Å²) in [7, 11) is 0. The lowest BCUT2D eigenvalue weighted by Crippen LogP contribution is -2.35. The molecule has 0 aliphatic carbocycles. The van der Waals surface area contributed by atoms with E-state index >= 15 is 0 Å². The van der Waals surface area contributed by atoms with E-state index in [9.17, 15) is 0 Å². The minimum Gasteiger partial charge on any atom is -0.380 e. The minimum absolute atomic E-state index is 0.241. The summed E-state index contributed by atoms with van der Waals surface area (Å²) in [6.45, 7) is 0. The molecule has 66 valence electrons. The van der Waals surface area contributed by atoms with Crippen LogP contribution in [-0.4, -0.2) is 26.4 Å². The summed E-state index contributed by atoms with van der Waals surface area (Å²) in [4.78, 5) is 0. The van der Waals surface area contributed by atoms with E-state index in [1.807, 2.05) is 0 Å². The lowest BCUT2D eigenvalue weighted by Gasteiger charge is -2.20. The predicted octanol–water partition coefficient (Wildman–Crippen LogP) is -0.649. The molecule has 4 nitrogen and oxygen atoms in total. The van der Waals surface area contributed by atoms with Crippen LogP contribution >= 0.6 is 0 Å². The molecule has 0 saturated carbocycles. The predicted molar refractivity (Wildman–Crippen MR) is 40.8 cm³/mol. The van der Waals surface area contributed by atoms with Gasteiger partial charge in [-0.2, -0.15) is 0 Å². The van der Waals surface area contributed by atoms with E-state index in [-0.39, 0.29) is 5.56 Å². The highest BCUT2D eigenvalue weighted by molar-refractivity contribution is 5.18. The van der Waals surface area contributed by atoms with E-state index < -0.39 is 12.1 Å². The van der Waals surface area contributed by atoms with Crippen LogP contribution in [0.4, 0.5) is 0 Å². The molecule has 1 rings (SSSR count). The van der Waals surface area contributed by atoms with E-state index in [4.69, 9.17) is 20.4 Å². The summed E-state index contributed by atoms with van der Waals surface area (Å²) in [5, 5.41) is 34.9. The van der Waals surface area contributed by atoms with Gasteiger partial charge in [0, 0.05) is 0 Å². The first-order valence-corrected chi connectivity index (χ1v) is 3.42. The first-order chi connectivity index (χ1) is 5.52. The van der Waals surface area contributed by atoms with Crippen LogP contribution in [0.5, 0.6) is 0 Å². The summed E-state index contributed by atoms with van der Waals surface area (Å²) < 4.78 is 0. The van der Waals surface area contributed by atoms with Crippen LogP contribution < -0.4 is 0 Å². The maximum Gasteiger partial charge on any atom is 0.307 e. The molecule has 0 fully saturated rings. The van der Waals surface area contributed by atoms with Gasteiger partial charge in [-0.15, -0.1) is 0 Å². The topological polar surface area (TPSA) is 80.9 Å². The summed E-state index contributed by atoms with van der Waals surface area (Å²) >= 11 is 0. The van der Waals surface area contributed by atoms with Crippen LogP contribution in [-0.2, 0) is 0 Å². The molecule has 0 bridgehead atoms. The van der Waals surface area contributed by atoms with Crippen molar-refractivity contribution >= 4 is 0 Å². The van der Waals surface area contributed by atoms with Crippen LogP contribution in [0.1, 0.15) is 11.7 Å². The van der Waals surface area contributed by atoms with Crippen LogP contribution in [0.15, 0.2) is 30.3 Å². The number of aliphatic hydroxyl groups is 4. The van der Waals surface area contributed by atoms with Crippen molar-refractivity contribution in [1.29, 1.82) is 0 Å². The molecule has 4 heteroatoms. The molecule has 0 aromatic heterocycles. The molecule has 0 aliphatic heterocycles. The second-order valence-electron chi connectivity index (χ2n) is 2.50. The summed E-state index contributed by atoms with van der Waals surface area (Å²) in [5.74, 6) is -3.08. The number of hydrogen-bond donors (Lipinski definition) is 4. The molecule has 0 radical (unpaired) electrons. The third-order valence-corrected chi connectivity index (χ3v) is 1.48. The molecule has 1 aromatic carbocycles. The van der Waals surface area contributed by atoms with Gasteiger partial charge in [0.1, 0.15) is 0 Å². The molecule has 1 aromatic rings. The molecule has 1 unspecified atom stereocenters. The first-order valence-electron chi connectivity index (χ1n) is 3.42. The molecule has 0 heterocycles. The molecule has 0 amide bonds. The number of rotatable bonds is 2. The van der Waals surface area contributed by atoms with Crippen molar-refractivity contribution in [2.24, 2.45) is 0 Å². The van der Waals surface area contributed by atoms with E-state index in [0.29, 0.717) is 0 Å². The fourth-order valence-electron chi connectivity index (χ4n) is 0.859. The van der Waals surface area contributed by atoms with Crippen molar-refractivity contribution < 1.29 is 20.4 Å². The molecular formula is C8H10O4. The highest BCUT2D eigenvalue weighted by Gasteiger charge is 2.31. The van der Waals surface area contributed by atoms with Gasteiger partial charge in [0.15, 0.2) is 6.10 Å². The van der Waals surface area contributed by atoms with Crippen LogP contribution in [0.2, 0.25) is 0 Å². The zero-order valence-electron chi connectivity index (χ0n) is 6.25. The van der Waals surface area contributed by atoms with Crippen molar-refractivity contribution in [3.63, 3.8) is 0 Å². The van der Waals surface area contributed by atoms with Gasteiger partial charge in [-0.1, -0.05) is 30.3 Å². The Balaban J connectivity index is 2.86. The lowest BCUT2D eigenvalue weighted by molar-refractivity contribution is -0.357. The lowest BCUT2D eigenvalue weighted by atomic mass is 10.1. The van der Waals surface area contributed by atoms with E-state index in [1.54, 1.807) is 18.2 Å². The van der Waals surface area contributed by atoms with Gasteiger partial charge in [-0.05, 0) is 5.56 Å². The molecule has 0 aliphatic rings. The monoisotopic (exact) mass is 170 g/mol. The number of aliphatic hydroxyl groups excluding tert-OH is 1. The fraction of sp³-hybridized carbons (Fsp3) is 0.250. The maximum absolute atomic E-state index is 9.11. The quantitative estimate of drug-likeness (QED) is 0.445. The van der Waals surface area contributed by atoms with Gasteiger partial charge in [-0.25, -0.2) is 0 Å². The van der Waals surface area contributed by atoms with Crippen molar-refractivity contribution in [2.75, 3.05) is 0 Å². The number of benzene rings is 1. The minimum atomic E-state index is -3.08. The normalized spacial score (nSPS) is 14.3. The zero-order chi connectivity index (χ0) is 9.19. The van der Waals surface area contributed by atoms with Gasteiger partial charge in [0.25, 0.3) is 0 Å². The molecule has 0 saturated heterocycles. The second kappa shape index (κ2) is 3.20. The van der Waals surface area contributed by atoms with Gasteiger partial charge in [0.05, 0.1) is 0 Å².